The molecule has 35 heavy (non-hydrogen) atoms. The van der Waals surface area contributed by atoms with Crippen LogP contribution in [0.3, 0.4) is 0 Å². The molecule has 10 nitrogen and oxygen atoms in total. The highest BCUT2D eigenvalue weighted by Gasteiger charge is 2.55. The molecule has 1 aliphatic heterocycles. The standard InChI is InChI=1S/C24H36BN3O7/c1-13-20(22(13)25(33)34)17-6-7-18(21(23(17)30)24(31)32)35-16-11-28(12-16)19(29)10-14-2-4-15(5-3-14)27-9-8-26/h6-7,13-16,20,22,27,30,33-34H,2-5,8-12,26H2,1H3,(H,31,32)/t13-,14?,15?,20?,22?/m0/s1. The molecule has 0 aromatic heterocycles. The maximum absolute atomic E-state index is 12.7. The number of carboxylic acid groups (broad SMARTS) is 1. The Hall–Kier alpha value is -2.34. The van der Waals surface area contributed by atoms with Gasteiger partial charge in [0.25, 0.3) is 0 Å². The lowest BCUT2D eigenvalue weighted by atomic mass is 9.80. The van der Waals surface area contributed by atoms with E-state index in [9.17, 15) is 29.9 Å². The minimum Gasteiger partial charge on any atom is -0.507 e. The van der Waals surface area contributed by atoms with E-state index in [1.54, 1.807) is 11.0 Å². The predicted octanol–water partition coefficient (Wildman–Crippen LogP) is 0.754. The molecule has 2 saturated carbocycles. The molecule has 0 spiro atoms. The maximum Gasteiger partial charge on any atom is 0.455 e. The number of likely N-dealkylation sites (tertiary alicyclic amines) is 1. The molecule has 3 fully saturated rings. The third-order valence-electron chi connectivity index (χ3n) is 7.92. The minimum absolute atomic E-state index is 0.0496. The second-order valence-corrected chi connectivity index (χ2v) is 10.3. The summed E-state index contributed by atoms with van der Waals surface area (Å²) < 4.78 is 5.85. The van der Waals surface area contributed by atoms with E-state index in [0.29, 0.717) is 43.6 Å². The van der Waals surface area contributed by atoms with Gasteiger partial charge in [-0.1, -0.05) is 13.0 Å². The number of benzene rings is 1. The molecular formula is C24H36BN3O7. The van der Waals surface area contributed by atoms with Gasteiger partial charge in [0.2, 0.25) is 5.91 Å². The molecule has 0 bridgehead atoms. The van der Waals surface area contributed by atoms with Crippen molar-refractivity contribution in [3.8, 4) is 11.5 Å². The lowest BCUT2D eigenvalue weighted by Crippen LogP contribution is -2.56. The summed E-state index contributed by atoms with van der Waals surface area (Å²) in [4.78, 5) is 26.3. The molecule has 2 unspecified atom stereocenters. The summed E-state index contributed by atoms with van der Waals surface area (Å²) in [5.74, 6) is -2.06. The van der Waals surface area contributed by atoms with Crippen LogP contribution in [-0.2, 0) is 4.79 Å². The molecule has 0 radical (unpaired) electrons. The molecule has 1 heterocycles. The first-order valence-corrected chi connectivity index (χ1v) is 12.5. The van der Waals surface area contributed by atoms with Gasteiger partial charge in [0, 0.05) is 31.4 Å². The molecule has 2 aliphatic carbocycles. The number of carbonyl (C=O) groups is 2. The highest BCUT2D eigenvalue weighted by molar-refractivity contribution is 6.45. The monoisotopic (exact) mass is 489 g/mol. The molecule has 1 amide bonds. The molecule has 4 rings (SSSR count). The number of nitrogens with zero attached hydrogens (tertiary/aromatic N) is 1. The first-order chi connectivity index (χ1) is 16.7. The Kier molecular flexibility index (Phi) is 7.90. The molecule has 7 N–H and O–H groups in total. The van der Waals surface area contributed by atoms with E-state index in [-0.39, 0.29) is 35.2 Å². The van der Waals surface area contributed by atoms with Crippen molar-refractivity contribution in [3.63, 3.8) is 0 Å². The average Bonchev–Trinajstić information content (AvgIpc) is 3.45. The van der Waals surface area contributed by atoms with E-state index < -0.39 is 24.7 Å². The SMILES string of the molecule is C[C@@H]1C(B(O)O)C1c1ccc(OC2CN(C(=O)CC3CCC(NCCN)CC3)C2)c(C(=O)O)c1O. The highest BCUT2D eigenvalue weighted by atomic mass is 16.5. The molecular weight excluding hydrogens is 453 g/mol. The zero-order valence-corrected chi connectivity index (χ0v) is 20.1. The van der Waals surface area contributed by atoms with E-state index >= 15 is 0 Å². The van der Waals surface area contributed by atoms with Crippen LogP contribution < -0.4 is 15.8 Å². The number of nitrogens with two attached hydrogens (primary N) is 1. The lowest BCUT2D eigenvalue weighted by Gasteiger charge is -2.40. The number of nitrogens with one attached hydrogen (secondary N) is 1. The normalized spacial score (nSPS) is 28.3. The molecule has 1 aromatic rings. The third-order valence-corrected chi connectivity index (χ3v) is 7.92. The van der Waals surface area contributed by atoms with Crippen molar-refractivity contribution in [1.82, 2.24) is 10.2 Å². The number of hydrogen-bond donors (Lipinski definition) is 6. The average molecular weight is 489 g/mol. The highest BCUT2D eigenvalue weighted by Crippen LogP contribution is 2.61. The number of amides is 1. The molecule has 11 heteroatoms. The van der Waals surface area contributed by atoms with Gasteiger partial charge >= 0.3 is 13.1 Å². The van der Waals surface area contributed by atoms with Crippen LogP contribution in [0.4, 0.5) is 0 Å². The van der Waals surface area contributed by atoms with Crippen LogP contribution in [0.5, 0.6) is 11.5 Å². The number of aromatic hydroxyl groups is 1. The molecule has 3 atom stereocenters. The molecule has 3 aliphatic rings. The van der Waals surface area contributed by atoms with Gasteiger partial charge in [-0.2, -0.15) is 0 Å². The van der Waals surface area contributed by atoms with Crippen molar-refractivity contribution in [2.45, 2.75) is 62.9 Å². The maximum atomic E-state index is 12.7. The number of ether oxygens (including phenoxy) is 1. The van der Waals surface area contributed by atoms with Crippen LogP contribution in [0.1, 0.15) is 60.9 Å². The zero-order valence-electron chi connectivity index (χ0n) is 20.1. The van der Waals surface area contributed by atoms with Gasteiger partial charge < -0.3 is 40.9 Å². The van der Waals surface area contributed by atoms with Crippen LogP contribution in [0.15, 0.2) is 12.1 Å². The Balaban J connectivity index is 1.29. The van der Waals surface area contributed by atoms with Crippen molar-refractivity contribution in [2.75, 3.05) is 26.2 Å². The Morgan fingerprint density at radius 1 is 1.20 bits per heavy atom. The molecule has 1 aromatic carbocycles. The van der Waals surface area contributed by atoms with Crippen molar-refractivity contribution in [1.29, 1.82) is 0 Å². The molecule has 1 saturated heterocycles. The van der Waals surface area contributed by atoms with E-state index in [1.807, 2.05) is 6.92 Å². The van der Waals surface area contributed by atoms with Crippen molar-refractivity contribution in [2.24, 2.45) is 17.6 Å². The van der Waals surface area contributed by atoms with Crippen molar-refractivity contribution < 1.29 is 34.6 Å². The second kappa shape index (κ2) is 10.7. The van der Waals surface area contributed by atoms with Gasteiger partial charge in [0.15, 0.2) is 0 Å². The summed E-state index contributed by atoms with van der Waals surface area (Å²) in [5, 5.41) is 42.8. The number of aromatic carboxylic acids is 1. The first kappa shape index (κ1) is 25.7. The van der Waals surface area contributed by atoms with Gasteiger partial charge in [-0.05, 0) is 55.1 Å². The van der Waals surface area contributed by atoms with Crippen LogP contribution in [-0.4, -0.2) is 82.5 Å². The van der Waals surface area contributed by atoms with Crippen molar-refractivity contribution >= 4 is 19.0 Å². The number of carboxylic acids is 1. The van der Waals surface area contributed by atoms with Crippen LogP contribution in [0.25, 0.3) is 0 Å². The van der Waals surface area contributed by atoms with Crippen LogP contribution in [0.2, 0.25) is 5.82 Å². The largest absolute Gasteiger partial charge is 0.507 e. The topological polar surface area (TPSA) is 166 Å². The third kappa shape index (κ3) is 5.58. The Labute approximate surface area is 205 Å². The van der Waals surface area contributed by atoms with E-state index in [4.69, 9.17) is 10.5 Å². The zero-order chi connectivity index (χ0) is 25.3. The summed E-state index contributed by atoms with van der Waals surface area (Å²) >= 11 is 0. The minimum atomic E-state index is -1.53. The Morgan fingerprint density at radius 3 is 2.46 bits per heavy atom. The van der Waals surface area contributed by atoms with Crippen molar-refractivity contribution in [3.05, 3.63) is 23.3 Å². The molecule has 192 valence electrons. The fraction of sp³-hybridized carbons (Fsp3) is 0.667. The fourth-order valence-electron chi connectivity index (χ4n) is 5.73. The van der Waals surface area contributed by atoms with Crippen LogP contribution >= 0.6 is 0 Å². The van der Waals surface area contributed by atoms with Gasteiger partial charge in [-0.25, -0.2) is 4.79 Å². The van der Waals surface area contributed by atoms with E-state index in [1.165, 1.54) is 6.07 Å². The fourth-order valence-corrected chi connectivity index (χ4v) is 5.73. The summed E-state index contributed by atoms with van der Waals surface area (Å²) in [6.45, 7) is 4.03. The van der Waals surface area contributed by atoms with Gasteiger partial charge in [0.1, 0.15) is 23.2 Å². The number of phenols is 1. The number of hydrogen-bond acceptors (Lipinski definition) is 8. The summed E-state index contributed by atoms with van der Waals surface area (Å²) in [6.07, 6.45) is 4.32. The van der Waals surface area contributed by atoms with Gasteiger partial charge in [-0.15, -0.1) is 0 Å². The Morgan fingerprint density at radius 2 is 1.89 bits per heavy atom. The van der Waals surface area contributed by atoms with Crippen LogP contribution in [0, 0.1) is 11.8 Å². The Bertz CT molecular complexity index is 932. The number of carbonyl (C=O) groups excluding carboxylic acids is 1. The summed E-state index contributed by atoms with van der Waals surface area (Å²) in [6, 6.07) is 3.58. The number of rotatable bonds is 10. The smallest absolute Gasteiger partial charge is 0.455 e. The quantitative estimate of drug-likeness (QED) is 0.260. The second-order valence-electron chi connectivity index (χ2n) is 10.3. The first-order valence-electron chi connectivity index (χ1n) is 12.5. The predicted molar refractivity (Wildman–Crippen MR) is 129 cm³/mol. The van der Waals surface area contributed by atoms with Gasteiger partial charge in [-0.3, -0.25) is 4.79 Å². The van der Waals surface area contributed by atoms with E-state index in [0.717, 1.165) is 32.2 Å². The van der Waals surface area contributed by atoms with Gasteiger partial charge in [0.05, 0.1) is 13.1 Å². The summed E-state index contributed by atoms with van der Waals surface area (Å²) in [5.41, 5.74) is 5.58. The summed E-state index contributed by atoms with van der Waals surface area (Å²) in [7, 11) is -1.53. The lowest BCUT2D eigenvalue weighted by molar-refractivity contribution is -0.141. The van der Waals surface area contributed by atoms with E-state index in [2.05, 4.69) is 5.32 Å².